The molecule has 4 N–H and O–H groups in total. The largest absolute Gasteiger partial charge is 0.378 e. The molecule has 0 aliphatic carbocycles. The van der Waals surface area contributed by atoms with Crippen molar-refractivity contribution in [3.05, 3.63) is 36.2 Å². The fourth-order valence-electron chi connectivity index (χ4n) is 3.66. The number of hydrogen-bond acceptors (Lipinski definition) is 13. The van der Waals surface area contributed by atoms with Crippen LogP contribution in [0.1, 0.15) is 12.5 Å². The minimum absolute atomic E-state index is 0.351. The highest BCUT2D eigenvalue weighted by atomic mass is 16.5. The highest BCUT2D eigenvalue weighted by molar-refractivity contribution is 5.99. The van der Waals surface area contributed by atoms with Gasteiger partial charge in [0.05, 0.1) is 32.1 Å². The molecule has 1 aromatic carbocycles. The summed E-state index contributed by atoms with van der Waals surface area (Å²) in [5, 5.41) is 15.2. The summed E-state index contributed by atoms with van der Waals surface area (Å²) in [6, 6.07) is 7.82. The van der Waals surface area contributed by atoms with Crippen molar-refractivity contribution in [1.29, 1.82) is 0 Å². The van der Waals surface area contributed by atoms with Gasteiger partial charge in [0, 0.05) is 31.9 Å². The second kappa shape index (κ2) is 10.5. The Kier molecular flexibility index (Phi) is 6.81. The summed E-state index contributed by atoms with van der Waals surface area (Å²) in [4.78, 5) is 18.4. The molecule has 2 saturated heterocycles. The number of rotatable bonds is 7. The summed E-state index contributed by atoms with van der Waals surface area (Å²) in [7, 11) is 0. The highest BCUT2D eigenvalue weighted by Crippen LogP contribution is 2.21. The number of nitrogen functional groups attached to an aromatic ring is 1. The Balaban J connectivity index is 1.33. The molecule has 0 spiro atoms. The van der Waals surface area contributed by atoms with Crippen LogP contribution in [-0.4, -0.2) is 88.1 Å². The maximum atomic E-state index is 5.69. The van der Waals surface area contributed by atoms with Crippen LogP contribution in [0, 0.1) is 0 Å². The van der Waals surface area contributed by atoms with Crippen LogP contribution < -0.4 is 26.4 Å². The van der Waals surface area contributed by atoms with Crippen LogP contribution in [0.15, 0.2) is 35.7 Å². The predicted molar refractivity (Wildman–Crippen MR) is 132 cm³/mol. The van der Waals surface area contributed by atoms with Crippen molar-refractivity contribution in [3.8, 4) is 0 Å². The van der Waals surface area contributed by atoms with Crippen LogP contribution in [0.25, 0.3) is 0 Å². The van der Waals surface area contributed by atoms with Gasteiger partial charge in [0.25, 0.3) is 5.95 Å². The van der Waals surface area contributed by atoms with Crippen molar-refractivity contribution in [2.75, 3.05) is 79.0 Å². The van der Waals surface area contributed by atoms with E-state index in [2.05, 4.69) is 45.8 Å². The topological polar surface area (TPSA) is 157 Å². The zero-order valence-corrected chi connectivity index (χ0v) is 19.5. The Bertz CT molecular complexity index is 1120. The Labute approximate surface area is 202 Å². The molecule has 2 fully saturated rings. The summed E-state index contributed by atoms with van der Waals surface area (Å²) in [6.45, 7) is 7.49. The molecule has 2 aliphatic rings. The lowest BCUT2D eigenvalue weighted by Crippen LogP contribution is -2.40. The fourth-order valence-corrected chi connectivity index (χ4v) is 3.66. The maximum Gasteiger partial charge on any atom is 0.263 e. The average Bonchev–Trinajstić information content (AvgIpc) is 3.33. The molecular formula is C21H28N12O2. The maximum absolute atomic E-state index is 5.69. The number of nitrogens with one attached hydrogen (secondary N) is 2. The number of hydrogen-bond donors (Lipinski definition) is 3. The quantitative estimate of drug-likeness (QED) is 0.244. The number of aromatic nitrogens is 6. The smallest absolute Gasteiger partial charge is 0.263 e. The predicted octanol–water partition coefficient (Wildman–Crippen LogP) is 0.430. The molecule has 3 aromatic rings. The molecule has 5 rings (SSSR count). The van der Waals surface area contributed by atoms with E-state index in [4.69, 9.17) is 20.3 Å². The summed E-state index contributed by atoms with van der Waals surface area (Å²) in [5.74, 6) is 7.82. The third-order valence-electron chi connectivity index (χ3n) is 5.66. The van der Waals surface area contributed by atoms with E-state index in [0.717, 1.165) is 43.1 Å². The highest BCUT2D eigenvalue weighted by Gasteiger charge is 2.20. The number of nitrogens with two attached hydrogens (primary N) is 1. The lowest BCUT2D eigenvalue weighted by Gasteiger charge is -2.30. The average molecular weight is 481 g/mol. The lowest BCUT2D eigenvalue weighted by molar-refractivity contribution is 0.121. The molecule has 0 amide bonds. The molecule has 0 unspecified atom stereocenters. The number of hydrazone groups is 1. The van der Waals surface area contributed by atoms with E-state index in [1.165, 1.54) is 11.0 Å². The van der Waals surface area contributed by atoms with Crippen molar-refractivity contribution in [2.24, 2.45) is 5.10 Å². The van der Waals surface area contributed by atoms with Crippen LogP contribution in [-0.2, 0) is 9.47 Å². The zero-order valence-electron chi connectivity index (χ0n) is 19.5. The monoisotopic (exact) mass is 480 g/mol. The number of anilines is 5. The van der Waals surface area contributed by atoms with E-state index in [0.29, 0.717) is 50.2 Å². The number of nitrogens with zero attached hydrogens (tertiary/aromatic N) is 9. The van der Waals surface area contributed by atoms with Gasteiger partial charge in [-0.3, -0.25) is 0 Å². The Morgan fingerprint density at radius 1 is 0.914 bits per heavy atom. The van der Waals surface area contributed by atoms with Gasteiger partial charge in [0.15, 0.2) is 0 Å². The van der Waals surface area contributed by atoms with Crippen LogP contribution >= 0.6 is 0 Å². The second-order valence-electron chi connectivity index (χ2n) is 8.03. The zero-order chi connectivity index (χ0) is 24.0. The number of morpholine rings is 2. The van der Waals surface area contributed by atoms with E-state index < -0.39 is 0 Å². The van der Waals surface area contributed by atoms with Gasteiger partial charge in [0.1, 0.15) is 6.33 Å². The van der Waals surface area contributed by atoms with E-state index in [9.17, 15) is 0 Å². The van der Waals surface area contributed by atoms with Crippen LogP contribution in [0.4, 0.5) is 29.5 Å². The molecule has 14 nitrogen and oxygen atoms in total. The van der Waals surface area contributed by atoms with Crippen molar-refractivity contribution in [2.45, 2.75) is 6.92 Å². The Hall–Kier alpha value is -4.04. The van der Waals surface area contributed by atoms with Crippen molar-refractivity contribution in [1.82, 2.24) is 29.8 Å². The molecule has 4 heterocycles. The van der Waals surface area contributed by atoms with Gasteiger partial charge >= 0.3 is 0 Å². The van der Waals surface area contributed by atoms with Gasteiger partial charge in [-0.15, -0.1) is 10.2 Å². The van der Waals surface area contributed by atoms with E-state index in [-0.39, 0.29) is 0 Å². The molecular weight excluding hydrogens is 452 g/mol. The van der Waals surface area contributed by atoms with Crippen molar-refractivity contribution < 1.29 is 9.47 Å². The summed E-state index contributed by atoms with van der Waals surface area (Å²) < 4.78 is 12.2. The number of benzene rings is 1. The molecule has 14 heteroatoms. The third-order valence-corrected chi connectivity index (χ3v) is 5.66. The van der Waals surface area contributed by atoms with Crippen LogP contribution in [0.2, 0.25) is 0 Å². The summed E-state index contributed by atoms with van der Waals surface area (Å²) in [5.41, 5.74) is 5.36. The molecule has 184 valence electrons. The van der Waals surface area contributed by atoms with E-state index in [1.54, 1.807) is 0 Å². The van der Waals surface area contributed by atoms with Crippen LogP contribution in [0.5, 0.6) is 0 Å². The second-order valence-corrected chi connectivity index (χ2v) is 8.03. The van der Waals surface area contributed by atoms with Gasteiger partial charge in [-0.25, -0.2) is 10.1 Å². The molecule has 0 bridgehead atoms. The SMILES string of the molecule is C/C(=N/Nc1nncn1N)c1ccc(Nc2nc(N3CCOCC3)nc(N3CCOCC3)n2)cc1. The Morgan fingerprint density at radius 2 is 1.51 bits per heavy atom. The van der Waals surface area contributed by atoms with Crippen LogP contribution in [0.3, 0.4) is 0 Å². The van der Waals surface area contributed by atoms with E-state index in [1.807, 2.05) is 31.2 Å². The first kappa shape index (κ1) is 22.7. The van der Waals surface area contributed by atoms with Crippen molar-refractivity contribution >= 4 is 35.2 Å². The van der Waals surface area contributed by atoms with Gasteiger partial charge < -0.3 is 30.4 Å². The van der Waals surface area contributed by atoms with Gasteiger partial charge in [0.2, 0.25) is 17.8 Å². The summed E-state index contributed by atoms with van der Waals surface area (Å²) in [6.07, 6.45) is 1.39. The summed E-state index contributed by atoms with van der Waals surface area (Å²) >= 11 is 0. The van der Waals surface area contributed by atoms with Gasteiger partial charge in [-0.05, 0) is 24.6 Å². The first-order valence-corrected chi connectivity index (χ1v) is 11.4. The third kappa shape index (κ3) is 5.55. The fraction of sp³-hybridized carbons (Fsp3) is 0.429. The molecule has 0 atom stereocenters. The normalized spacial score (nSPS) is 16.9. The first-order valence-electron chi connectivity index (χ1n) is 11.4. The van der Waals surface area contributed by atoms with Gasteiger partial charge in [-0.2, -0.15) is 20.1 Å². The lowest BCUT2D eigenvalue weighted by atomic mass is 10.1. The molecule has 0 radical (unpaired) electrons. The standard InChI is InChI=1S/C21H28N12O2/c1-15(28-30-21-29-23-14-33(21)22)16-2-4-17(5-3-16)24-18-25-19(31-6-10-34-11-7-31)27-20(26-18)32-8-12-35-13-9-32/h2-5,14H,6-13,22H2,1H3,(H,29,30)(H,24,25,26,27)/b28-15-. The Morgan fingerprint density at radius 3 is 2.06 bits per heavy atom. The molecule has 35 heavy (non-hydrogen) atoms. The van der Waals surface area contributed by atoms with Crippen molar-refractivity contribution in [3.63, 3.8) is 0 Å². The molecule has 2 aromatic heterocycles. The minimum Gasteiger partial charge on any atom is -0.378 e. The first-order chi connectivity index (χ1) is 17.2. The van der Waals surface area contributed by atoms with Gasteiger partial charge in [-0.1, -0.05) is 12.1 Å². The van der Waals surface area contributed by atoms with E-state index >= 15 is 0 Å². The molecule has 2 aliphatic heterocycles. The minimum atomic E-state index is 0.351. The number of ether oxygens (including phenoxy) is 2. The molecule has 0 saturated carbocycles.